The van der Waals surface area contributed by atoms with Crippen molar-refractivity contribution in [2.24, 2.45) is 0 Å². The number of alkyl halides is 3. The zero-order chi connectivity index (χ0) is 9.07. The largest absolute Gasteiger partial charge is 0.488 e. The number of nitrogens with zero attached hydrogens (tertiary/aromatic N) is 1. The van der Waals surface area contributed by atoms with Crippen LogP contribution in [0.3, 0.4) is 0 Å². The first-order valence-electron chi connectivity index (χ1n) is 2.92. The number of hydrogen-bond donors (Lipinski definition) is 1. The number of aliphatic hydroxyl groups excluding tert-OH is 1. The fourth-order valence-corrected chi connectivity index (χ4v) is 0.496. The van der Waals surface area contributed by atoms with E-state index in [2.05, 4.69) is 0 Å². The van der Waals surface area contributed by atoms with Gasteiger partial charge in [0.1, 0.15) is 6.23 Å². The van der Waals surface area contributed by atoms with Crippen LogP contribution < -0.4 is 0 Å². The molecule has 0 aromatic carbocycles. The summed E-state index contributed by atoms with van der Waals surface area (Å²) in [4.78, 5) is 9.21. The van der Waals surface area contributed by atoms with E-state index in [4.69, 9.17) is 5.11 Å². The molecule has 66 valence electrons. The summed E-state index contributed by atoms with van der Waals surface area (Å²) in [5, 5.41) is 8.63. The molecule has 11 heavy (non-hydrogen) atoms. The molecule has 0 heterocycles. The first-order chi connectivity index (χ1) is 4.93. The molecule has 3 nitrogen and oxygen atoms in total. The lowest BCUT2D eigenvalue weighted by Crippen LogP contribution is -2.44. The number of amides is 1. The Morgan fingerprint density at radius 1 is 1.64 bits per heavy atom. The van der Waals surface area contributed by atoms with Crippen LogP contribution in [0.25, 0.3) is 0 Å². The van der Waals surface area contributed by atoms with Crippen molar-refractivity contribution in [3.05, 3.63) is 0 Å². The smallest absolute Gasteiger partial charge is 0.373 e. The summed E-state index contributed by atoms with van der Waals surface area (Å²) in [6.07, 6.45) is -7.17. The monoisotopic (exact) mass is 171 g/mol. The van der Waals surface area contributed by atoms with Gasteiger partial charge in [-0.3, -0.25) is 4.79 Å². The van der Waals surface area contributed by atoms with Gasteiger partial charge in [0.2, 0.25) is 6.41 Å². The van der Waals surface area contributed by atoms with Crippen LogP contribution in [-0.4, -0.2) is 28.9 Å². The summed E-state index contributed by atoms with van der Waals surface area (Å²) in [5.74, 6) is 0. The molecule has 0 aliphatic carbocycles. The minimum atomic E-state index is -4.79. The molecule has 1 amide bonds. The van der Waals surface area contributed by atoms with Crippen LogP contribution in [0, 0.1) is 0 Å². The third kappa shape index (κ3) is 2.75. The maximum absolute atomic E-state index is 11.7. The Labute approximate surface area is 61.4 Å². The maximum Gasteiger partial charge on any atom is 0.488 e. The van der Waals surface area contributed by atoms with Gasteiger partial charge in [-0.1, -0.05) is 6.92 Å². The first-order valence-corrected chi connectivity index (χ1v) is 2.92. The molecular formula is C5H8F3NO2. The van der Waals surface area contributed by atoms with Gasteiger partial charge in [0.15, 0.2) is 0 Å². The minimum Gasteiger partial charge on any atom is -0.373 e. The topological polar surface area (TPSA) is 40.5 Å². The molecule has 6 heteroatoms. The normalized spacial score (nSPS) is 14.3. The summed E-state index contributed by atoms with van der Waals surface area (Å²) >= 11 is 0. The van der Waals surface area contributed by atoms with Gasteiger partial charge in [0, 0.05) is 0 Å². The molecular weight excluding hydrogens is 163 g/mol. The minimum absolute atomic E-state index is 0.155. The van der Waals surface area contributed by atoms with Crippen LogP contribution in [0.4, 0.5) is 13.2 Å². The van der Waals surface area contributed by atoms with Crippen LogP contribution in [0.15, 0.2) is 0 Å². The summed E-state index contributed by atoms with van der Waals surface area (Å²) in [7, 11) is 0. The van der Waals surface area contributed by atoms with Gasteiger partial charge in [-0.05, 0) is 6.42 Å². The number of carbonyl (C=O) groups is 1. The number of rotatable bonds is 3. The molecule has 0 aliphatic rings. The summed E-state index contributed by atoms with van der Waals surface area (Å²) < 4.78 is 35.1. The van der Waals surface area contributed by atoms with Crippen LogP contribution >= 0.6 is 0 Å². The fraction of sp³-hybridized carbons (Fsp3) is 0.800. The molecule has 0 saturated heterocycles. The Hall–Kier alpha value is -0.780. The Morgan fingerprint density at radius 2 is 2.09 bits per heavy atom. The zero-order valence-electron chi connectivity index (χ0n) is 5.80. The van der Waals surface area contributed by atoms with E-state index < -0.39 is 23.8 Å². The zero-order valence-corrected chi connectivity index (χ0v) is 5.80. The van der Waals surface area contributed by atoms with E-state index in [-0.39, 0.29) is 6.42 Å². The third-order valence-corrected chi connectivity index (χ3v) is 1.09. The van der Waals surface area contributed by atoms with E-state index in [9.17, 15) is 18.0 Å². The van der Waals surface area contributed by atoms with Crippen molar-refractivity contribution in [1.82, 2.24) is 4.90 Å². The SMILES string of the molecule is CCC(O)N(C=O)C(F)(F)F. The highest BCUT2D eigenvalue weighted by atomic mass is 19.4. The lowest BCUT2D eigenvalue weighted by Gasteiger charge is -2.24. The highest BCUT2D eigenvalue weighted by Gasteiger charge is 2.39. The molecule has 0 fully saturated rings. The second kappa shape index (κ2) is 3.56. The fourth-order valence-electron chi connectivity index (χ4n) is 0.496. The molecule has 0 aliphatic heterocycles. The quantitative estimate of drug-likeness (QED) is 0.385. The average molecular weight is 171 g/mol. The number of carbonyl (C=O) groups excluding carboxylic acids is 1. The lowest BCUT2D eigenvalue weighted by molar-refractivity contribution is -0.267. The molecule has 0 spiro atoms. The molecule has 0 aromatic heterocycles. The average Bonchev–Trinajstić information content (AvgIpc) is 1.86. The van der Waals surface area contributed by atoms with Gasteiger partial charge in [0.05, 0.1) is 0 Å². The second-order valence-electron chi connectivity index (χ2n) is 1.87. The van der Waals surface area contributed by atoms with Gasteiger partial charge < -0.3 is 5.11 Å². The van der Waals surface area contributed by atoms with Gasteiger partial charge in [-0.25, -0.2) is 4.90 Å². The van der Waals surface area contributed by atoms with Crippen LogP contribution in [0.1, 0.15) is 13.3 Å². The number of aliphatic hydroxyl groups is 1. The number of halogens is 3. The van der Waals surface area contributed by atoms with Crippen LogP contribution in [0.5, 0.6) is 0 Å². The van der Waals surface area contributed by atoms with Crippen molar-refractivity contribution in [2.45, 2.75) is 25.9 Å². The predicted molar refractivity (Wildman–Crippen MR) is 30.3 cm³/mol. The lowest BCUT2D eigenvalue weighted by atomic mass is 10.4. The third-order valence-electron chi connectivity index (χ3n) is 1.09. The molecule has 0 saturated carbocycles. The van der Waals surface area contributed by atoms with Gasteiger partial charge >= 0.3 is 6.30 Å². The van der Waals surface area contributed by atoms with E-state index in [1.54, 1.807) is 0 Å². The van der Waals surface area contributed by atoms with Gasteiger partial charge in [0.25, 0.3) is 0 Å². The second-order valence-corrected chi connectivity index (χ2v) is 1.87. The van der Waals surface area contributed by atoms with Crippen molar-refractivity contribution < 1.29 is 23.1 Å². The Morgan fingerprint density at radius 3 is 2.18 bits per heavy atom. The van der Waals surface area contributed by atoms with Crippen molar-refractivity contribution in [3.63, 3.8) is 0 Å². The van der Waals surface area contributed by atoms with Gasteiger partial charge in [-0.15, -0.1) is 13.2 Å². The maximum atomic E-state index is 11.7. The van der Waals surface area contributed by atoms with Crippen LogP contribution in [-0.2, 0) is 4.79 Å². The van der Waals surface area contributed by atoms with Crippen molar-refractivity contribution in [3.8, 4) is 0 Å². The molecule has 0 radical (unpaired) electrons. The summed E-state index contributed by atoms with van der Waals surface area (Å²) in [5.41, 5.74) is 0. The standard InChI is InChI=1S/C5H8F3NO2/c1-2-4(11)9(3-10)5(6,7)8/h3-4,11H,2H2,1H3. The van der Waals surface area contributed by atoms with Gasteiger partial charge in [-0.2, -0.15) is 0 Å². The Bertz CT molecular complexity index is 136. The Balaban J connectivity index is 4.28. The predicted octanol–water partition coefficient (Wildman–Crippen LogP) is 0.693. The highest BCUT2D eigenvalue weighted by molar-refractivity contribution is 5.47. The first kappa shape index (κ1) is 10.2. The van der Waals surface area contributed by atoms with E-state index in [1.165, 1.54) is 6.92 Å². The molecule has 1 unspecified atom stereocenters. The summed E-state index contributed by atoms with van der Waals surface area (Å²) in [6.45, 7) is 1.34. The number of hydrogen-bond acceptors (Lipinski definition) is 2. The van der Waals surface area contributed by atoms with Crippen LogP contribution in [0.2, 0.25) is 0 Å². The summed E-state index contributed by atoms with van der Waals surface area (Å²) in [6, 6.07) is 0. The van der Waals surface area contributed by atoms with Crippen molar-refractivity contribution in [2.75, 3.05) is 0 Å². The molecule has 1 N–H and O–H groups in total. The van der Waals surface area contributed by atoms with E-state index >= 15 is 0 Å². The Kier molecular flexibility index (Phi) is 3.31. The molecule has 1 atom stereocenters. The van der Waals surface area contributed by atoms with Crippen molar-refractivity contribution >= 4 is 6.41 Å². The van der Waals surface area contributed by atoms with E-state index in [1.807, 2.05) is 0 Å². The molecule has 0 bridgehead atoms. The highest BCUT2D eigenvalue weighted by Crippen LogP contribution is 2.21. The molecule has 0 rings (SSSR count). The van der Waals surface area contributed by atoms with E-state index in [0.717, 1.165) is 0 Å². The van der Waals surface area contributed by atoms with Crippen molar-refractivity contribution in [1.29, 1.82) is 0 Å². The van der Waals surface area contributed by atoms with E-state index in [0.29, 0.717) is 0 Å². The molecule has 0 aromatic rings.